The van der Waals surface area contributed by atoms with Crippen molar-refractivity contribution >= 4 is 21.4 Å². The zero-order chi connectivity index (χ0) is 17.1. The van der Waals surface area contributed by atoms with Gasteiger partial charge in [-0.2, -0.15) is 0 Å². The van der Waals surface area contributed by atoms with Crippen LogP contribution in [-0.4, -0.2) is 37.5 Å². The number of nitrogens with one attached hydrogen (secondary N) is 1. The lowest BCUT2D eigenvalue weighted by Crippen LogP contribution is -2.37. The second-order valence-corrected chi connectivity index (χ2v) is 8.76. The van der Waals surface area contributed by atoms with Crippen LogP contribution in [0.1, 0.15) is 32.8 Å². The second kappa shape index (κ2) is 6.66. The molecule has 0 aromatic heterocycles. The van der Waals surface area contributed by atoms with Gasteiger partial charge in [0.05, 0.1) is 17.5 Å². The lowest BCUT2D eigenvalue weighted by molar-refractivity contribution is -0.117. The van der Waals surface area contributed by atoms with Crippen LogP contribution in [0, 0.1) is 0 Å². The summed E-state index contributed by atoms with van der Waals surface area (Å²) >= 11 is 0. The molecule has 1 atom stereocenters. The Labute approximate surface area is 131 Å². The first-order valence-corrected chi connectivity index (χ1v) is 9.04. The van der Waals surface area contributed by atoms with Crippen molar-refractivity contribution in [3.05, 3.63) is 23.8 Å². The second-order valence-electron chi connectivity index (χ2n) is 6.50. The first-order valence-electron chi connectivity index (χ1n) is 6.98. The van der Waals surface area contributed by atoms with Gasteiger partial charge in [0.15, 0.2) is 0 Å². The number of phenolic OH excluding ortho intramolecular Hbond substituents is 1. The molecule has 4 N–H and O–H groups in total. The van der Waals surface area contributed by atoms with Crippen LogP contribution in [0.3, 0.4) is 0 Å². The highest BCUT2D eigenvalue weighted by Crippen LogP contribution is 2.30. The summed E-state index contributed by atoms with van der Waals surface area (Å²) in [6.45, 7) is 6.05. The fourth-order valence-electron chi connectivity index (χ4n) is 1.80. The normalized spacial score (nSPS) is 13.7. The summed E-state index contributed by atoms with van der Waals surface area (Å²) in [6, 6.07) is 4.04. The van der Waals surface area contributed by atoms with Crippen LogP contribution in [-0.2, 0) is 20.0 Å². The van der Waals surface area contributed by atoms with Crippen LogP contribution < -0.4 is 11.1 Å². The maximum Gasteiger partial charge on any atom is 0.241 e. The molecule has 0 saturated heterocycles. The molecule has 124 valence electrons. The lowest BCUT2D eigenvalue weighted by atomic mass is 9.87. The molecule has 0 radical (unpaired) electrons. The van der Waals surface area contributed by atoms with Crippen molar-refractivity contribution < 1.29 is 18.3 Å². The Hall–Kier alpha value is -1.60. The van der Waals surface area contributed by atoms with E-state index in [4.69, 9.17) is 5.73 Å². The van der Waals surface area contributed by atoms with Crippen LogP contribution in [0.4, 0.5) is 5.69 Å². The number of hydrogen-bond acceptors (Lipinski definition) is 5. The molecule has 22 heavy (non-hydrogen) atoms. The van der Waals surface area contributed by atoms with Crippen LogP contribution in [0.5, 0.6) is 5.75 Å². The molecule has 0 bridgehead atoms. The Morgan fingerprint density at radius 1 is 1.36 bits per heavy atom. The molecule has 0 fully saturated rings. The lowest BCUT2D eigenvalue weighted by Gasteiger charge is -2.21. The Balaban J connectivity index is 2.83. The minimum Gasteiger partial charge on any atom is -0.506 e. The molecule has 7 heteroatoms. The Morgan fingerprint density at radius 2 is 1.95 bits per heavy atom. The van der Waals surface area contributed by atoms with E-state index in [0.29, 0.717) is 0 Å². The van der Waals surface area contributed by atoms with E-state index in [1.807, 2.05) is 20.8 Å². The molecule has 1 rings (SSSR count). The van der Waals surface area contributed by atoms with Crippen molar-refractivity contribution in [3.63, 3.8) is 0 Å². The van der Waals surface area contributed by atoms with Gasteiger partial charge < -0.3 is 16.2 Å². The van der Waals surface area contributed by atoms with Gasteiger partial charge in [0, 0.05) is 6.26 Å². The zero-order valence-corrected chi connectivity index (χ0v) is 14.2. The van der Waals surface area contributed by atoms with Crippen molar-refractivity contribution in [2.45, 2.75) is 38.6 Å². The number of benzene rings is 1. The van der Waals surface area contributed by atoms with Gasteiger partial charge in [0.1, 0.15) is 15.6 Å². The van der Waals surface area contributed by atoms with Gasteiger partial charge in [0.2, 0.25) is 5.91 Å². The molecular weight excluding hydrogens is 304 g/mol. The maximum atomic E-state index is 12.0. The number of anilines is 1. The third-order valence-corrected chi connectivity index (χ3v) is 4.23. The number of amides is 1. The topological polar surface area (TPSA) is 109 Å². The van der Waals surface area contributed by atoms with Gasteiger partial charge in [-0.1, -0.05) is 26.8 Å². The van der Waals surface area contributed by atoms with Gasteiger partial charge in [-0.25, -0.2) is 8.42 Å². The van der Waals surface area contributed by atoms with Crippen molar-refractivity contribution in [3.8, 4) is 5.75 Å². The van der Waals surface area contributed by atoms with Gasteiger partial charge in [-0.3, -0.25) is 4.79 Å². The zero-order valence-electron chi connectivity index (χ0n) is 13.4. The summed E-state index contributed by atoms with van der Waals surface area (Å²) in [5.74, 6) is -0.739. The summed E-state index contributed by atoms with van der Waals surface area (Å²) in [7, 11) is -3.17. The molecule has 1 aromatic rings. The van der Waals surface area contributed by atoms with E-state index in [9.17, 15) is 18.3 Å². The summed E-state index contributed by atoms with van der Waals surface area (Å²) in [5, 5.41) is 12.4. The summed E-state index contributed by atoms with van der Waals surface area (Å²) < 4.78 is 22.2. The van der Waals surface area contributed by atoms with Crippen LogP contribution in [0.2, 0.25) is 0 Å². The highest BCUT2D eigenvalue weighted by molar-refractivity contribution is 7.90. The third-order valence-electron chi connectivity index (χ3n) is 3.26. The minimum atomic E-state index is -3.17. The number of rotatable bonds is 5. The number of nitrogens with two attached hydrogens (primary N) is 1. The smallest absolute Gasteiger partial charge is 0.241 e. The van der Waals surface area contributed by atoms with E-state index >= 15 is 0 Å². The van der Waals surface area contributed by atoms with Crippen LogP contribution >= 0.6 is 0 Å². The Morgan fingerprint density at radius 3 is 2.45 bits per heavy atom. The highest BCUT2D eigenvalue weighted by atomic mass is 32.2. The maximum absolute atomic E-state index is 12.0. The van der Waals surface area contributed by atoms with E-state index in [-0.39, 0.29) is 29.0 Å². The van der Waals surface area contributed by atoms with Crippen LogP contribution in [0.15, 0.2) is 18.2 Å². The van der Waals surface area contributed by atoms with E-state index in [1.54, 1.807) is 12.1 Å². The predicted molar refractivity (Wildman–Crippen MR) is 87.7 cm³/mol. The molecule has 1 aromatic carbocycles. The third kappa shape index (κ3) is 5.65. The van der Waals surface area contributed by atoms with Gasteiger partial charge >= 0.3 is 0 Å². The number of aromatic hydroxyl groups is 1. The van der Waals surface area contributed by atoms with Crippen molar-refractivity contribution in [2.75, 3.05) is 17.3 Å². The average Bonchev–Trinajstić information content (AvgIpc) is 2.36. The first kappa shape index (κ1) is 18.4. The van der Waals surface area contributed by atoms with Crippen LogP contribution in [0.25, 0.3) is 0 Å². The monoisotopic (exact) mass is 328 g/mol. The fraction of sp³-hybridized carbons (Fsp3) is 0.533. The molecule has 0 heterocycles. The van der Waals surface area contributed by atoms with Crippen molar-refractivity contribution in [1.29, 1.82) is 0 Å². The number of hydrogen-bond donors (Lipinski definition) is 3. The Bertz CT molecular complexity index is 648. The molecule has 0 aliphatic rings. The summed E-state index contributed by atoms with van der Waals surface area (Å²) in [5.41, 5.74) is 6.77. The van der Waals surface area contributed by atoms with E-state index in [0.717, 1.165) is 11.8 Å². The van der Waals surface area contributed by atoms with Crippen molar-refractivity contribution in [2.24, 2.45) is 5.73 Å². The number of carbonyl (C=O) groups is 1. The fourth-order valence-corrected chi connectivity index (χ4v) is 2.48. The molecule has 0 spiro atoms. The van der Waals surface area contributed by atoms with E-state index in [1.165, 1.54) is 6.07 Å². The number of phenols is 1. The number of carbonyl (C=O) groups excluding carboxylic acids is 1. The minimum absolute atomic E-state index is 0.0321. The van der Waals surface area contributed by atoms with Gasteiger partial charge in [0.25, 0.3) is 0 Å². The van der Waals surface area contributed by atoms with E-state index < -0.39 is 21.8 Å². The largest absolute Gasteiger partial charge is 0.506 e. The highest BCUT2D eigenvalue weighted by Gasteiger charge is 2.19. The Kier molecular flexibility index (Phi) is 5.59. The molecule has 1 unspecified atom stereocenters. The predicted octanol–water partition coefficient (Wildman–Crippen LogP) is 1.39. The average molecular weight is 328 g/mol. The molecule has 0 aliphatic heterocycles. The first-order chi connectivity index (χ1) is 9.90. The molecular formula is C15H24N2O4S. The molecule has 0 saturated carbocycles. The van der Waals surface area contributed by atoms with Gasteiger partial charge in [-0.05, 0) is 29.5 Å². The van der Waals surface area contributed by atoms with Gasteiger partial charge in [-0.15, -0.1) is 0 Å². The summed E-state index contributed by atoms with van der Waals surface area (Å²) in [6.07, 6.45) is 1.13. The number of sulfone groups is 1. The quantitative estimate of drug-likeness (QED) is 0.708. The molecule has 0 aliphatic carbocycles. The summed E-state index contributed by atoms with van der Waals surface area (Å²) in [4.78, 5) is 12.0. The van der Waals surface area contributed by atoms with E-state index in [2.05, 4.69) is 5.32 Å². The molecule has 1 amide bonds. The van der Waals surface area contributed by atoms with Crippen molar-refractivity contribution in [1.82, 2.24) is 0 Å². The standard InChI is InChI=1S/C15H24N2O4S/c1-15(2,3)10-5-6-13(18)12(9-10)17-14(19)11(16)7-8-22(4,20)21/h5-6,9,11,18H,7-8,16H2,1-4H3,(H,17,19). The SMILES string of the molecule is CC(C)(C)c1ccc(O)c(NC(=O)C(N)CCS(C)(=O)=O)c1. The molecule has 6 nitrogen and oxygen atoms in total.